The summed E-state index contributed by atoms with van der Waals surface area (Å²) in [7, 11) is 0. The number of rotatable bonds is 2. The van der Waals surface area contributed by atoms with Crippen LogP contribution in [0.4, 0.5) is 0 Å². The summed E-state index contributed by atoms with van der Waals surface area (Å²) in [5.74, 6) is -0.181. The molecular weight excluding hydrogens is 252 g/mol. The summed E-state index contributed by atoms with van der Waals surface area (Å²) in [6.45, 7) is 4.13. The standard InChI is InChI=1S/C16H14N2O2/c1-9-3-4-11(7-10(9)2)15-17-13-6-5-12(16(19)20)8-14(13)18-15/h3-8H,1-2H3,(H,17,18)(H,19,20). The van der Waals surface area contributed by atoms with Crippen LogP contribution in [0.15, 0.2) is 36.4 Å². The summed E-state index contributed by atoms with van der Waals surface area (Å²) in [6, 6.07) is 11.0. The lowest BCUT2D eigenvalue weighted by molar-refractivity contribution is 0.0697. The molecule has 2 N–H and O–H groups in total. The summed E-state index contributed by atoms with van der Waals surface area (Å²) in [5, 5.41) is 9.00. The molecule has 3 aromatic rings. The molecule has 0 aliphatic rings. The van der Waals surface area contributed by atoms with Crippen LogP contribution in [0.1, 0.15) is 21.5 Å². The lowest BCUT2D eigenvalue weighted by Crippen LogP contribution is -1.94. The Labute approximate surface area is 116 Å². The molecule has 1 heterocycles. The van der Waals surface area contributed by atoms with Gasteiger partial charge >= 0.3 is 5.97 Å². The number of nitrogens with zero attached hydrogens (tertiary/aromatic N) is 1. The molecule has 0 aliphatic carbocycles. The highest BCUT2D eigenvalue weighted by molar-refractivity contribution is 5.93. The van der Waals surface area contributed by atoms with Gasteiger partial charge in [-0.2, -0.15) is 0 Å². The van der Waals surface area contributed by atoms with Gasteiger partial charge < -0.3 is 10.1 Å². The van der Waals surface area contributed by atoms with Crippen LogP contribution >= 0.6 is 0 Å². The fourth-order valence-corrected chi connectivity index (χ4v) is 2.17. The molecule has 2 aromatic carbocycles. The number of H-pyrrole nitrogens is 1. The van der Waals surface area contributed by atoms with Gasteiger partial charge in [0.05, 0.1) is 16.6 Å². The second-order valence-electron chi connectivity index (χ2n) is 4.92. The second kappa shape index (κ2) is 4.49. The molecule has 0 atom stereocenters. The zero-order chi connectivity index (χ0) is 14.3. The molecule has 100 valence electrons. The maximum atomic E-state index is 11.0. The fraction of sp³-hybridized carbons (Fsp3) is 0.125. The molecule has 0 spiro atoms. The van der Waals surface area contributed by atoms with Crippen LogP contribution < -0.4 is 0 Å². The number of carbonyl (C=O) groups is 1. The van der Waals surface area contributed by atoms with Crippen LogP contribution in [0.25, 0.3) is 22.4 Å². The monoisotopic (exact) mass is 266 g/mol. The van der Waals surface area contributed by atoms with Crippen LogP contribution in [-0.4, -0.2) is 21.0 Å². The number of aromatic carboxylic acids is 1. The Balaban J connectivity index is 2.12. The minimum Gasteiger partial charge on any atom is -0.478 e. The van der Waals surface area contributed by atoms with Crippen molar-refractivity contribution < 1.29 is 9.90 Å². The first-order valence-electron chi connectivity index (χ1n) is 6.35. The first-order chi connectivity index (χ1) is 9.54. The Kier molecular flexibility index (Phi) is 2.79. The summed E-state index contributed by atoms with van der Waals surface area (Å²) in [4.78, 5) is 18.7. The number of aryl methyl sites for hydroxylation is 2. The molecule has 4 nitrogen and oxygen atoms in total. The van der Waals surface area contributed by atoms with Gasteiger partial charge in [-0.1, -0.05) is 12.1 Å². The van der Waals surface area contributed by atoms with Gasteiger partial charge in [0.1, 0.15) is 5.82 Å². The van der Waals surface area contributed by atoms with Gasteiger partial charge in [-0.05, 0) is 49.2 Å². The zero-order valence-electron chi connectivity index (χ0n) is 11.3. The van der Waals surface area contributed by atoms with E-state index in [2.05, 4.69) is 35.9 Å². The van der Waals surface area contributed by atoms with Crippen molar-refractivity contribution in [3.05, 3.63) is 53.1 Å². The molecule has 1 aromatic heterocycles. The van der Waals surface area contributed by atoms with Gasteiger partial charge in [-0.3, -0.25) is 0 Å². The Hall–Kier alpha value is -2.62. The summed E-state index contributed by atoms with van der Waals surface area (Å²) >= 11 is 0. The normalized spacial score (nSPS) is 10.9. The van der Waals surface area contributed by atoms with Crippen LogP contribution in [0, 0.1) is 13.8 Å². The Morgan fingerprint density at radius 1 is 1.10 bits per heavy atom. The summed E-state index contributed by atoms with van der Waals surface area (Å²) in [6.07, 6.45) is 0. The summed E-state index contributed by atoms with van der Waals surface area (Å²) in [5.41, 5.74) is 5.20. The lowest BCUT2D eigenvalue weighted by Gasteiger charge is -2.02. The number of aromatic nitrogens is 2. The molecule has 0 radical (unpaired) electrons. The van der Waals surface area contributed by atoms with E-state index in [9.17, 15) is 4.79 Å². The first kappa shape index (κ1) is 12.4. The topological polar surface area (TPSA) is 66.0 Å². The van der Waals surface area contributed by atoms with E-state index >= 15 is 0 Å². The molecule has 3 rings (SSSR count). The fourth-order valence-electron chi connectivity index (χ4n) is 2.17. The Bertz CT molecular complexity index is 818. The molecule has 0 saturated heterocycles. The first-order valence-corrected chi connectivity index (χ1v) is 6.35. The van der Waals surface area contributed by atoms with Crippen molar-refractivity contribution >= 4 is 17.0 Å². The molecule has 20 heavy (non-hydrogen) atoms. The molecule has 0 saturated carbocycles. The lowest BCUT2D eigenvalue weighted by atomic mass is 10.1. The van der Waals surface area contributed by atoms with Crippen molar-refractivity contribution in [2.75, 3.05) is 0 Å². The van der Waals surface area contributed by atoms with E-state index in [-0.39, 0.29) is 5.56 Å². The van der Waals surface area contributed by atoms with Gasteiger partial charge in [0.2, 0.25) is 0 Å². The van der Waals surface area contributed by atoms with Crippen molar-refractivity contribution in [3.63, 3.8) is 0 Å². The third kappa shape index (κ3) is 2.05. The minimum absolute atomic E-state index is 0.257. The quantitative estimate of drug-likeness (QED) is 0.745. The van der Waals surface area contributed by atoms with Gasteiger partial charge in [0.25, 0.3) is 0 Å². The minimum atomic E-state index is -0.936. The highest BCUT2D eigenvalue weighted by atomic mass is 16.4. The molecule has 4 heteroatoms. The zero-order valence-corrected chi connectivity index (χ0v) is 11.3. The van der Waals surface area contributed by atoms with Crippen molar-refractivity contribution in [3.8, 4) is 11.4 Å². The molecular formula is C16H14N2O2. The molecule has 0 fully saturated rings. The van der Waals surface area contributed by atoms with E-state index in [0.29, 0.717) is 0 Å². The van der Waals surface area contributed by atoms with E-state index in [1.807, 2.05) is 6.07 Å². The Morgan fingerprint density at radius 2 is 1.90 bits per heavy atom. The van der Waals surface area contributed by atoms with Gasteiger partial charge in [0, 0.05) is 5.56 Å². The van der Waals surface area contributed by atoms with Gasteiger partial charge in [0.15, 0.2) is 0 Å². The maximum absolute atomic E-state index is 11.0. The van der Waals surface area contributed by atoms with Crippen LogP contribution in [0.2, 0.25) is 0 Å². The maximum Gasteiger partial charge on any atom is 0.335 e. The van der Waals surface area contributed by atoms with E-state index in [0.717, 1.165) is 22.4 Å². The van der Waals surface area contributed by atoms with Crippen molar-refractivity contribution in [2.45, 2.75) is 13.8 Å². The average molecular weight is 266 g/mol. The number of imidazole rings is 1. The average Bonchev–Trinajstić information content (AvgIpc) is 2.84. The number of hydrogen-bond acceptors (Lipinski definition) is 2. The van der Waals surface area contributed by atoms with Crippen LogP contribution in [-0.2, 0) is 0 Å². The number of nitrogens with one attached hydrogen (secondary N) is 1. The predicted molar refractivity (Wildman–Crippen MR) is 78.0 cm³/mol. The smallest absolute Gasteiger partial charge is 0.335 e. The highest BCUT2D eigenvalue weighted by Gasteiger charge is 2.09. The number of carboxylic acid groups (broad SMARTS) is 1. The highest BCUT2D eigenvalue weighted by Crippen LogP contribution is 2.23. The third-order valence-electron chi connectivity index (χ3n) is 3.51. The van der Waals surface area contributed by atoms with Crippen molar-refractivity contribution in [2.24, 2.45) is 0 Å². The molecule has 0 bridgehead atoms. The number of hydrogen-bond donors (Lipinski definition) is 2. The number of carboxylic acids is 1. The van der Waals surface area contributed by atoms with Crippen LogP contribution in [0.5, 0.6) is 0 Å². The van der Waals surface area contributed by atoms with E-state index in [4.69, 9.17) is 5.11 Å². The second-order valence-corrected chi connectivity index (χ2v) is 4.92. The van der Waals surface area contributed by atoms with E-state index < -0.39 is 5.97 Å². The number of aromatic amines is 1. The molecule has 0 aliphatic heterocycles. The van der Waals surface area contributed by atoms with Crippen molar-refractivity contribution in [1.29, 1.82) is 0 Å². The SMILES string of the molecule is Cc1ccc(-c2nc3ccc(C(=O)O)cc3[nH]2)cc1C. The van der Waals surface area contributed by atoms with Crippen LogP contribution in [0.3, 0.4) is 0 Å². The summed E-state index contributed by atoms with van der Waals surface area (Å²) < 4.78 is 0. The molecule has 0 amide bonds. The largest absolute Gasteiger partial charge is 0.478 e. The van der Waals surface area contributed by atoms with Gasteiger partial charge in [-0.25, -0.2) is 9.78 Å². The number of benzene rings is 2. The number of fused-ring (bicyclic) bond motifs is 1. The molecule has 0 unspecified atom stereocenters. The Morgan fingerprint density at radius 3 is 2.60 bits per heavy atom. The van der Waals surface area contributed by atoms with Crippen molar-refractivity contribution in [1.82, 2.24) is 9.97 Å². The van der Waals surface area contributed by atoms with Gasteiger partial charge in [-0.15, -0.1) is 0 Å². The third-order valence-corrected chi connectivity index (χ3v) is 3.51. The van der Waals surface area contributed by atoms with E-state index in [1.165, 1.54) is 11.1 Å². The van der Waals surface area contributed by atoms with E-state index in [1.54, 1.807) is 18.2 Å². The predicted octanol–water partition coefficient (Wildman–Crippen LogP) is 3.54.